The van der Waals surface area contributed by atoms with Gasteiger partial charge in [-0.05, 0) is 157 Å². The van der Waals surface area contributed by atoms with Crippen molar-refractivity contribution in [1.82, 2.24) is 0 Å². The molecule has 0 spiro atoms. The summed E-state index contributed by atoms with van der Waals surface area (Å²) in [5.74, 6) is 0. The Labute approximate surface area is 502 Å². The van der Waals surface area contributed by atoms with Gasteiger partial charge in [0.2, 0.25) is 0 Å². The Kier molecular flexibility index (Phi) is 11.1. The summed E-state index contributed by atoms with van der Waals surface area (Å²) >= 11 is 3.87. The summed E-state index contributed by atoms with van der Waals surface area (Å²) in [7, 11) is 0. The maximum absolute atomic E-state index is 7.49. The van der Waals surface area contributed by atoms with E-state index in [1.807, 2.05) is 22.7 Å². The summed E-state index contributed by atoms with van der Waals surface area (Å²) in [6, 6.07) is 76.7. The molecule has 84 heavy (non-hydrogen) atoms. The van der Waals surface area contributed by atoms with Crippen LogP contribution in [0.15, 0.2) is 205 Å². The largest absolute Gasteiger partial charge is 0.454 e. The maximum Gasteiger partial charge on any atom is 0.333 e. The molecular formula is C78H67BN2OS2. The summed E-state index contributed by atoms with van der Waals surface area (Å²) < 4.78 is 10.2. The molecule has 0 atom stereocenters. The normalized spacial score (nSPS) is 15.3. The molecule has 2 aliphatic heterocycles. The van der Waals surface area contributed by atoms with E-state index in [1.54, 1.807) is 0 Å². The van der Waals surface area contributed by atoms with Crippen molar-refractivity contribution in [3.63, 3.8) is 0 Å². The Balaban J connectivity index is 1.10. The van der Waals surface area contributed by atoms with Crippen LogP contribution in [-0.2, 0) is 21.7 Å². The van der Waals surface area contributed by atoms with Crippen LogP contribution in [0.4, 0.5) is 28.4 Å². The Morgan fingerprint density at radius 3 is 1.65 bits per heavy atom. The van der Waals surface area contributed by atoms with E-state index >= 15 is 0 Å². The second kappa shape index (κ2) is 18.2. The number of benzene rings is 10. The van der Waals surface area contributed by atoms with E-state index in [0.29, 0.717) is 0 Å². The molecule has 0 saturated heterocycles. The molecule has 16 rings (SSSR count). The van der Waals surface area contributed by atoms with E-state index in [4.69, 9.17) is 4.42 Å². The summed E-state index contributed by atoms with van der Waals surface area (Å²) in [4.78, 5) is 7.89. The van der Waals surface area contributed by atoms with Crippen molar-refractivity contribution < 1.29 is 4.42 Å². The van der Waals surface area contributed by atoms with Gasteiger partial charge in [-0.2, -0.15) is 0 Å². The van der Waals surface area contributed by atoms with E-state index in [9.17, 15) is 0 Å². The van der Waals surface area contributed by atoms with Gasteiger partial charge in [-0.3, -0.25) is 0 Å². The summed E-state index contributed by atoms with van der Waals surface area (Å²) in [5, 5.41) is 7.41. The smallest absolute Gasteiger partial charge is 0.333 e. The van der Waals surface area contributed by atoms with Gasteiger partial charge < -0.3 is 14.1 Å². The minimum absolute atomic E-state index is 0.0255. The fraction of sp³-hybridized carbons (Fsp3) is 0.205. The lowest BCUT2D eigenvalue weighted by Gasteiger charge is -2.46. The zero-order chi connectivity index (χ0) is 57.3. The molecule has 5 heterocycles. The highest BCUT2D eigenvalue weighted by molar-refractivity contribution is 7.26. The molecule has 410 valence electrons. The quantitative estimate of drug-likeness (QED) is 0.160. The molecule has 6 heteroatoms. The first-order valence-electron chi connectivity index (χ1n) is 30.0. The molecule has 3 aromatic heterocycles. The molecule has 0 radical (unpaired) electrons. The van der Waals surface area contributed by atoms with Crippen molar-refractivity contribution in [1.29, 1.82) is 0 Å². The Bertz CT molecular complexity index is 4860. The third-order valence-corrected chi connectivity index (χ3v) is 21.7. The van der Waals surface area contributed by atoms with Crippen molar-refractivity contribution in [3.8, 4) is 43.1 Å². The Morgan fingerprint density at radius 2 is 1.00 bits per heavy atom. The molecule has 0 saturated carbocycles. The Hall–Kier alpha value is -8.16. The first-order valence-corrected chi connectivity index (χ1v) is 31.7. The monoisotopic (exact) mass is 1120 g/mol. The lowest BCUT2D eigenvalue weighted by atomic mass is 9.43. The van der Waals surface area contributed by atoms with Crippen molar-refractivity contribution in [2.24, 2.45) is 0 Å². The van der Waals surface area contributed by atoms with Crippen molar-refractivity contribution >= 4 is 122 Å². The van der Waals surface area contributed by atoms with E-state index < -0.39 is 0 Å². The molecular weight excluding hydrogens is 1060 g/mol. The highest BCUT2D eigenvalue weighted by Crippen LogP contribution is 2.57. The third kappa shape index (κ3) is 7.75. The van der Waals surface area contributed by atoms with Crippen LogP contribution in [0.1, 0.15) is 104 Å². The number of fused-ring (bicyclic) bond motifs is 13. The van der Waals surface area contributed by atoms with Gasteiger partial charge in [-0.25, -0.2) is 0 Å². The van der Waals surface area contributed by atoms with Crippen LogP contribution >= 0.6 is 22.7 Å². The van der Waals surface area contributed by atoms with Gasteiger partial charge in [0.15, 0.2) is 5.58 Å². The Morgan fingerprint density at radius 1 is 0.440 bits per heavy atom. The van der Waals surface area contributed by atoms with E-state index in [2.05, 4.69) is 279 Å². The van der Waals surface area contributed by atoms with Gasteiger partial charge >= 0.3 is 6.85 Å². The van der Waals surface area contributed by atoms with Gasteiger partial charge in [0.05, 0.1) is 11.4 Å². The van der Waals surface area contributed by atoms with Crippen LogP contribution in [0.2, 0.25) is 0 Å². The molecule has 0 fully saturated rings. The SMILES string of the molecule is CC(C)(C)c1ccc(N2B3c4cc5c(-c6ccccc6)sc(-c6ccccc6)c5cc4N(c4ccc(C(C)(C)C)cc4-c4ccccc4)c4c3c(cc3c4oc4ccccc43)-c3cc4c(cc32)sc2cc3c(cc24)C(C)(C)CCC3(C)C)cc1. The van der Waals surface area contributed by atoms with E-state index in [1.165, 1.54) is 126 Å². The zero-order valence-corrected chi connectivity index (χ0v) is 51.3. The molecule has 0 unspecified atom stereocenters. The standard InChI is InChI=1S/C78H67BN2OS2/c1-75(2,3)49-30-33-51(34-31-49)81-65-45-69-55(56-41-61-62(44-68(56)83-69)78(9,10)37-36-77(61,7)8)39-54(65)57-40-58-52-28-20-21-29-67(52)82-72(58)71-70(57)79(81)63-42-59-60(74(48-26-18-13-19-27-48)84-73(59)47-24-16-12-17-25-47)43-66(63)80(71)64-35-32-50(76(4,5)6)38-53(64)46-22-14-11-15-23-46/h11-35,38-45H,36-37H2,1-10H3. The second-order valence-electron chi connectivity index (χ2n) is 27.5. The number of hydrogen-bond acceptors (Lipinski definition) is 5. The van der Waals surface area contributed by atoms with Crippen LogP contribution in [0, 0.1) is 0 Å². The summed E-state index contributed by atoms with van der Waals surface area (Å²) in [5.41, 5.74) is 22.9. The second-order valence-corrected chi connectivity index (χ2v) is 29.6. The predicted octanol–water partition coefficient (Wildman–Crippen LogP) is 21.8. The highest BCUT2D eigenvalue weighted by Gasteiger charge is 2.48. The number of hydrogen-bond donors (Lipinski definition) is 0. The van der Waals surface area contributed by atoms with Crippen LogP contribution < -0.4 is 20.6 Å². The number of nitrogens with zero attached hydrogens (tertiary/aromatic N) is 2. The van der Waals surface area contributed by atoms with Crippen LogP contribution in [0.25, 0.3) is 96.0 Å². The molecule has 0 amide bonds. The maximum atomic E-state index is 7.49. The van der Waals surface area contributed by atoms with Gasteiger partial charge in [-0.15, -0.1) is 22.7 Å². The molecule has 13 aromatic rings. The fourth-order valence-electron chi connectivity index (χ4n) is 14.5. The summed E-state index contributed by atoms with van der Waals surface area (Å²) in [6.07, 6.45) is 2.36. The van der Waals surface area contributed by atoms with Crippen LogP contribution in [-0.4, -0.2) is 6.85 Å². The van der Waals surface area contributed by atoms with E-state index in [0.717, 1.165) is 44.7 Å². The molecule has 0 N–H and O–H groups in total. The fourth-order valence-corrected chi connectivity index (χ4v) is 16.9. The van der Waals surface area contributed by atoms with Crippen molar-refractivity contribution in [2.75, 3.05) is 9.71 Å². The van der Waals surface area contributed by atoms with Crippen LogP contribution in [0.3, 0.4) is 0 Å². The lowest BCUT2D eigenvalue weighted by molar-refractivity contribution is 0.332. The first-order chi connectivity index (χ1) is 40.4. The lowest BCUT2D eigenvalue weighted by Crippen LogP contribution is -2.61. The van der Waals surface area contributed by atoms with E-state index in [-0.39, 0.29) is 28.5 Å². The predicted molar refractivity (Wildman–Crippen MR) is 365 cm³/mol. The third-order valence-electron chi connectivity index (χ3n) is 19.2. The zero-order valence-electron chi connectivity index (χ0n) is 49.7. The number of anilines is 5. The topological polar surface area (TPSA) is 19.6 Å². The van der Waals surface area contributed by atoms with Crippen molar-refractivity contribution in [2.45, 2.75) is 104 Å². The van der Waals surface area contributed by atoms with Gasteiger partial charge in [-0.1, -0.05) is 203 Å². The van der Waals surface area contributed by atoms with Crippen molar-refractivity contribution in [3.05, 3.63) is 222 Å². The average Bonchev–Trinajstić information content (AvgIpc) is 1.34. The molecule has 0 bridgehead atoms. The van der Waals surface area contributed by atoms with Crippen LogP contribution in [0.5, 0.6) is 0 Å². The van der Waals surface area contributed by atoms with Gasteiger partial charge in [0, 0.05) is 79.7 Å². The molecule has 3 aliphatic rings. The molecule has 10 aromatic carbocycles. The average molecular weight is 1120 g/mol. The first kappa shape index (κ1) is 51.5. The minimum atomic E-state index is -0.269. The minimum Gasteiger partial charge on any atom is -0.454 e. The number of rotatable bonds is 5. The van der Waals surface area contributed by atoms with Gasteiger partial charge in [0.1, 0.15) is 5.58 Å². The number of para-hydroxylation sites is 1. The summed E-state index contributed by atoms with van der Waals surface area (Å²) in [6.45, 7) is 23.5. The number of thiophene rings is 2. The van der Waals surface area contributed by atoms with Gasteiger partial charge in [0.25, 0.3) is 0 Å². The molecule has 3 nitrogen and oxygen atoms in total. The molecule has 1 aliphatic carbocycles. The highest BCUT2D eigenvalue weighted by atomic mass is 32.1. The number of furan rings is 1.